The van der Waals surface area contributed by atoms with E-state index in [1.165, 1.54) is 7.11 Å². The molecule has 0 bridgehead atoms. The topological polar surface area (TPSA) is 64.6 Å². The average molecular weight is 326 g/mol. The van der Waals surface area contributed by atoms with E-state index in [9.17, 15) is 9.59 Å². The van der Waals surface area contributed by atoms with Gasteiger partial charge in [-0.05, 0) is 37.1 Å². The molecule has 1 aliphatic rings. The van der Waals surface area contributed by atoms with Crippen molar-refractivity contribution in [3.63, 3.8) is 0 Å². The van der Waals surface area contributed by atoms with E-state index in [0.29, 0.717) is 23.6 Å². The molecule has 22 heavy (non-hydrogen) atoms. The van der Waals surface area contributed by atoms with Gasteiger partial charge >= 0.3 is 5.97 Å². The molecule has 1 N–H and O–H groups in total. The largest absolute Gasteiger partial charge is 0.484 e. The highest BCUT2D eigenvalue weighted by molar-refractivity contribution is 6.30. The number of rotatable bonds is 5. The van der Waals surface area contributed by atoms with E-state index < -0.39 is 5.54 Å². The second-order valence-corrected chi connectivity index (χ2v) is 5.86. The van der Waals surface area contributed by atoms with Gasteiger partial charge in [0.2, 0.25) is 0 Å². The Morgan fingerprint density at radius 3 is 2.41 bits per heavy atom. The van der Waals surface area contributed by atoms with Crippen molar-refractivity contribution in [1.29, 1.82) is 0 Å². The Bertz CT molecular complexity index is 523. The van der Waals surface area contributed by atoms with E-state index in [4.69, 9.17) is 21.1 Å². The van der Waals surface area contributed by atoms with E-state index in [1.54, 1.807) is 24.3 Å². The minimum atomic E-state index is -0.909. The number of hydrogen-bond donors (Lipinski definition) is 1. The third-order valence-electron chi connectivity index (χ3n) is 3.85. The van der Waals surface area contributed by atoms with Gasteiger partial charge in [0.15, 0.2) is 6.61 Å². The van der Waals surface area contributed by atoms with Crippen molar-refractivity contribution in [2.45, 2.75) is 37.6 Å². The van der Waals surface area contributed by atoms with E-state index in [-0.39, 0.29) is 18.5 Å². The van der Waals surface area contributed by atoms with Gasteiger partial charge in [0.25, 0.3) is 5.91 Å². The summed E-state index contributed by atoms with van der Waals surface area (Å²) in [6, 6.07) is 6.75. The van der Waals surface area contributed by atoms with Crippen LogP contribution in [0.25, 0.3) is 0 Å². The Morgan fingerprint density at radius 2 is 1.82 bits per heavy atom. The van der Waals surface area contributed by atoms with Crippen LogP contribution in [0.1, 0.15) is 32.1 Å². The molecule has 0 spiro atoms. The first-order chi connectivity index (χ1) is 10.6. The highest BCUT2D eigenvalue weighted by Gasteiger charge is 2.41. The molecule has 0 saturated heterocycles. The van der Waals surface area contributed by atoms with Gasteiger partial charge in [-0.1, -0.05) is 30.9 Å². The third kappa shape index (κ3) is 4.13. The van der Waals surface area contributed by atoms with Crippen LogP contribution in [0.4, 0.5) is 0 Å². The van der Waals surface area contributed by atoms with Gasteiger partial charge in [-0.25, -0.2) is 4.79 Å². The van der Waals surface area contributed by atoms with E-state index in [0.717, 1.165) is 19.3 Å². The fraction of sp³-hybridized carbons (Fsp3) is 0.500. The summed E-state index contributed by atoms with van der Waals surface area (Å²) >= 11 is 5.79. The number of amides is 1. The van der Waals surface area contributed by atoms with Gasteiger partial charge in [-0.15, -0.1) is 0 Å². The van der Waals surface area contributed by atoms with Gasteiger partial charge in [0, 0.05) is 5.02 Å². The maximum atomic E-state index is 12.1. The molecule has 5 nitrogen and oxygen atoms in total. The Morgan fingerprint density at radius 1 is 1.18 bits per heavy atom. The van der Waals surface area contributed by atoms with Crippen LogP contribution < -0.4 is 10.1 Å². The van der Waals surface area contributed by atoms with Crippen LogP contribution in [-0.2, 0) is 14.3 Å². The highest BCUT2D eigenvalue weighted by atomic mass is 35.5. The number of carbonyl (C=O) groups excluding carboxylic acids is 2. The lowest BCUT2D eigenvalue weighted by Crippen LogP contribution is -2.57. The fourth-order valence-corrected chi connectivity index (χ4v) is 2.84. The van der Waals surface area contributed by atoms with Gasteiger partial charge in [-0.2, -0.15) is 0 Å². The minimum Gasteiger partial charge on any atom is -0.484 e. The van der Waals surface area contributed by atoms with Crippen LogP contribution in [0, 0.1) is 0 Å². The predicted molar refractivity (Wildman–Crippen MR) is 82.9 cm³/mol. The molecule has 0 unspecified atom stereocenters. The molecule has 0 radical (unpaired) electrons. The van der Waals surface area contributed by atoms with Crippen molar-refractivity contribution in [2.24, 2.45) is 0 Å². The second-order valence-electron chi connectivity index (χ2n) is 5.43. The van der Waals surface area contributed by atoms with Crippen LogP contribution in [0.3, 0.4) is 0 Å². The molecule has 0 aliphatic heterocycles. The van der Waals surface area contributed by atoms with Gasteiger partial charge in [0.05, 0.1) is 7.11 Å². The van der Waals surface area contributed by atoms with E-state index in [2.05, 4.69) is 5.32 Å². The molecule has 1 aromatic rings. The van der Waals surface area contributed by atoms with Crippen molar-refractivity contribution in [3.05, 3.63) is 29.3 Å². The first-order valence-electron chi connectivity index (χ1n) is 7.33. The summed E-state index contributed by atoms with van der Waals surface area (Å²) in [6.45, 7) is -0.152. The number of esters is 1. The standard InChI is InChI=1S/C16H20ClNO4/c1-21-15(20)16(9-3-2-4-10-16)18-14(19)11-22-13-7-5-12(17)6-8-13/h5-8H,2-4,9-11H2,1H3,(H,18,19). The molecular weight excluding hydrogens is 306 g/mol. The van der Waals surface area contributed by atoms with E-state index >= 15 is 0 Å². The Kier molecular flexibility index (Phi) is 5.66. The van der Waals surface area contributed by atoms with Gasteiger partial charge < -0.3 is 14.8 Å². The number of carbonyl (C=O) groups is 2. The Balaban J connectivity index is 1.93. The van der Waals surface area contributed by atoms with Crippen molar-refractivity contribution in [2.75, 3.05) is 13.7 Å². The summed E-state index contributed by atoms with van der Waals surface area (Å²) < 4.78 is 10.3. The normalized spacial score (nSPS) is 16.6. The SMILES string of the molecule is COC(=O)C1(NC(=O)COc2ccc(Cl)cc2)CCCCC1. The number of benzene rings is 1. The molecule has 0 heterocycles. The maximum absolute atomic E-state index is 12.1. The van der Waals surface area contributed by atoms with Crippen LogP contribution in [0.15, 0.2) is 24.3 Å². The highest BCUT2D eigenvalue weighted by Crippen LogP contribution is 2.29. The van der Waals surface area contributed by atoms with Gasteiger partial charge in [0.1, 0.15) is 11.3 Å². The predicted octanol–water partition coefficient (Wildman–Crippen LogP) is 2.71. The lowest BCUT2D eigenvalue weighted by Gasteiger charge is -2.35. The van der Waals surface area contributed by atoms with Crippen molar-refractivity contribution >= 4 is 23.5 Å². The lowest BCUT2D eigenvalue weighted by molar-refractivity contribution is -0.152. The summed E-state index contributed by atoms with van der Waals surface area (Å²) in [5.41, 5.74) is -0.909. The van der Waals surface area contributed by atoms with Crippen LogP contribution >= 0.6 is 11.6 Å². The Labute approximate surface area is 134 Å². The van der Waals surface area contributed by atoms with Crippen LogP contribution in [-0.4, -0.2) is 31.1 Å². The zero-order chi connectivity index (χ0) is 16.0. The van der Waals surface area contributed by atoms with Gasteiger partial charge in [-0.3, -0.25) is 4.79 Å². The lowest BCUT2D eigenvalue weighted by atomic mass is 9.81. The quantitative estimate of drug-likeness (QED) is 0.845. The van der Waals surface area contributed by atoms with Crippen LogP contribution in [0.5, 0.6) is 5.75 Å². The first kappa shape index (κ1) is 16.6. The summed E-state index contributed by atoms with van der Waals surface area (Å²) in [4.78, 5) is 24.2. The number of halogens is 1. The molecule has 2 rings (SSSR count). The van der Waals surface area contributed by atoms with Crippen molar-refractivity contribution < 1.29 is 19.1 Å². The van der Waals surface area contributed by atoms with Crippen LogP contribution in [0.2, 0.25) is 5.02 Å². The molecule has 1 aromatic carbocycles. The summed E-state index contributed by atoms with van der Waals surface area (Å²) in [6.07, 6.45) is 4.06. The zero-order valence-corrected chi connectivity index (χ0v) is 13.3. The van der Waals surface area contributed by atoms with E-state index in [1.807, 2.05) is 0 Å². The maximum Gasteiger partial charge on any atom is 0.331 e. The zero-order valence-electron chi connectivity index (χ0n) is 12.6. The summed E-state index contributed by atoms with van der Waals surface area (Å²) in [7, 11) is 1.34. The molecule has 1 aliphatic carbocycles. The van der Waals surface area contributed by atoms with Crippen molar-refractivity contribution in [1.82, 2.24) is 5.32 Å². The molecule has 1 fully saturated rings. The smallest absolute Gasteiger partial charge is 0.331 e. The third-order valence-corrected chi connectivity index (χ3v) is 4.10. The van der Waals surface area contributed by atoms with Crippen molar-refractivity contribution in [3.8, 4) is 5.75 Å². The molecule has 120 valence electrons. The molecular formula is C16H20ClNO4. The number of ether oxygens (including phenoxy) is 2. The molecule has 0 atom stereocenters. The second kappa shape index (κ2) is 7.49. The first-order valence-corrected chi connectivity index (χ1v) is 7.71. The molecule has 0 aromatic heterocycles. The Hall–Kier alpha value is -1.75. The molecule has 1 saturated carbocycles. The monoisotopic (exact) mass is 325 g/mol. The summed E-state index contributed by atoms with van der Waals surface area (Å²) in [5, 5.41) is 3.40. The fourth-order valence-electron chi connectivity index (χ4n) is 2.71. The number of hydrogen-bond acceptors (Lipinski definition) is 4. The summed E-state index contributed by atoms with van der Waals surface area (Å²) in [5.74, 6) is -0.162. The minimum absolute atomic E-state index is 0.152. The number of methoxy groups -OCH3 is 1. The molecule has 1 amide bonds. The molecule has 6 heteroatoms. The average Bonchev–Trinajstić information content (AvgIpc) is 2.54. The number of nitrogens with one attached hydrogen (secondary N) is 1.